The highest BCUT2D eigenvalue weighted by molar-refractivity contribution is 6.32. The number of amides is 1. The van der Waals surface area contributed by atoms with E-state index in [-0.39, 0.29) is 16.5 Å². The third kappa shape index (κ3) is 5.67. The summed E-state index contributed by atoms with van der Waals surface area (Å²) in [4.78, 5) is 16.5. The molecule has 35 heavy (non-hydrogen) atoms. The summed E-state index contributed by atoms with van der Waals surface area (Å²) in [7, 11) is 1.58. The SMILES string of the molecule is COc1ccc(Oc2ccc(NNC(=O)c3cccn3-c3ncc(C(F)(F)F)cc3Cl)cc2)cc1. The van der Waals surface area contributed by atoms with Crippen LogP contribution in [-0.2, 0) is 6.18 Å². The van der Waals surface area contributed by atoms with Crippen molar-refractivity contribution in [2.24, 2.45) is 0 Å². The van der Waals surface area contributed by atoms with Crippen molar-refractivity contribution < 1.29 is 27.4 Å². The van der Waals surface area contributed by atoms with Crippen molar-refractivity contribution in [1.29, 1.82) is 0 Å². The molecule has 2 heterocycles. The monoisotopic (exact) mass is 502 g/mol. The molecule has 4 aromatic rings. The van der Waals surface area contributed by atoms with Crippen LogP contribution in [0, 0.1) is 0 Å². The topological polar surface area (TPSA) is 77.4 Å². The van der Waals surface area contributed by atoms with Gasteiger partial charge in [0.1, 0.15) is 22.9 Å². The fraction of sp³-hybridized carbons (Fsp3) is 0.0833. The lowest BCUT2D eigenvalue weighted by Gasteiger charge is -2.13. The quantitative estimate of drug-likeness (QED) is 0.298. The van der Waals surface area contributed by atoms with Crippen molar-refractivity contribution in [3.05, 3.63) is 95.4 Å². The minimum Gasteiger partial charge on any atom is -0.497 e. The molecule has 4 rings (SSSR count). The van der Waals surface area contributed by atoms with Crippen LogP contribution in [0.4, 0.5) is 18.9 Å². The standard InChI is InChI=1S/C24H18ClF3N4O3/c1-34-17-8-10-19(11-9-17)35-18-6-4-16(5-7-18)30-31-23(33)21-3-2-12-32(21)22-20(25)13-15(14-29-22)24(26,27)28/h2-14,30H,1H3,(H,31,33). The number of nitrogens with one attached hydrogen (secondary N) is 2. The summed E-state index contributed by atoms with van der Waals surface area (Å²) in [6, 6.07) is 17.7. The summed E-state index contributed by atoms with van der Waals surface area (Å²) in [6.45, 7) is 0. The number of alkyl halides is 3. The zero-order chi connectivity index (χ0) is 25.0. The predicted molar refractivity (Wildman–Crippen MR) is 124 cm³/mol. The maximum Gasteiger partial charge on any atom is 0.417 e. The van der Waals surface area contributed by atoms with Gasteiger partial charge in [0.05, 0.1) is 23.4 Å². The Morgan fingerprint density at radius 1 is 1.00 bits per heavy atom. The highest BCUT2D eigenvalue weighted by atomic mass is 35.5. The van der Waals surface area contributed by atoms with Crippen LogP contribution in [0.1, 0.15) is 16.1 Å². The second kappa shape index (κ2) is 9.98. The van der Waals surface area contributed by atoms with Gasteiger partial charge in [-0.3, -0.25) is 20.2 Å². The average molecular weight is 503 g/mol. The third-order valence-corrected chi connectivity index (χ3v) is 5.11. The summed E-state index contributed by atoms with van der Waals surface area (Å²) in [6.07, 6.45) is -2.44. The lowest BCUT2D eigenvalue weighted by Crippen LogP contribution is -2.31. The Balaban J connectivity index is 1.40. The molecule has 0 aliphatic rings. The molecule has 0 spiro atoms. The van der Waals surface area contributed by atoms with E-state index in [1.807, 2.05) is 0 Å². The molecule has 0 fully saturated rings. The van der Waals surface area contributed by atoms with Gasteiger partial charge in [0.2, 0.25) is 0 Å². The van der Waals surface area contributed by atoms with Crippen LogP contribution >= 0.6 is 11.6 Å². The van der Waals surface area contributed by atoms with E-state index >= 15 is 0 Å². The number of rotatable bonds is 7. The molecular weight excluding hydrogens is 485 g/mol. The number of anilines is 1. The van der Waals surface area contributed by atoms with Gasteiger partial charge in [-0.25, -0.2) is 4.98 Å². The van der Waals surface area contributed by atoms with E-state index in [2.05, 4.69) is 15.8 Å². The van der Waals surface area contributed by atoms with Crippen LogP contribution in [0.15, 0.2) is 79.1 Å². The van der Waals surface area contributed by atoms with Gasteiger partial charge in [-0.2, -0.15) is 13.2 Å². The van der Waals surface area contributed by atoms with Crippen molar-refractivity contribution >= 4 is 23.2 Å². The van der Waals surface area contributed by atoms with Crippen LogP contribution in [-0.4, -0.2) is 22.6 Å². The molecule has 1 amide bonds. The third-order valence-electron chi connectivity index (χ3n) is 4.83. The van der Waals surface area contributed by atoms with Crippen LogP contribution in [0.25, 0.3) is 5.82 Å². The van der Waals surface area contributed by atoms with Crippen molar-refractivity contribution in [2.75, 3.05) is 12.5 Å². The molecule has 11 heteroatoms. The van der Waals surface area contributed by atoms with Gasteiger partial charge in [-0.15, -0.1) is 0 Å². The molecule has 2 aromatic heterocycles. The Morgan fingerprint density at radius 2 is 1.63 bits per heavy atom. The average Bonchev–Trinajstić information content (AvgIpc) is 3.33. The zero-order valence-electron chi connectivity index (χ0n) is 18.1. The minimum atomic E-state index is -4.58. The second-order valence-corrected chi connectivity index (χ2v) is 7.58. The zero-order valence-corrected chi connectivity index (χ0v) is 18.9. The number of halogens is 4. The summed E-state index contributed by atoms with van der Waals surface area (Å²) in [5, 5.41) is -0.245. The number of methoxy groups -OCH3 is 1. The Hall–Kier alpha value is -4.18. The Labute approximate surface area is 203 Å². The summed E-state index contributed by atoms with van der Waals surface area (Å²) in [5.74, 6) is 1.39. The number of hydrogen-bond donors (Lipinski definition) is 2. The number of aromatic nitrogens is 2. The number of hydrazine groups is 1. The Morgan fingerprint density at radius 3 is 2.23 bits per heavy atom. The molecule has 0 aliphatic heterocycles. The largest absolute Gasteiger partial charge is 0.497 e. The first-order valence-electron chi connectivity index (χ1n) is 10.1. The number of carbonyl (C=O) groups is 1. The lowest BCUT2D eigenvalue weighted by molar-refractivity contribution is -0.137. The first-order valence-corrected chi connectivity index (χ1v) is 10.5. The summed E-state index contributed by atoms with van der Waals surface area (Å²) >= 11 is 6.02. The van der Waals surface area contributed by atoms with E-state index in [1.165, 1.54) is 16.8 Å². The molecule has 2 N–H and O–H groups in total. The molecule has 0 saturated heterocycles. The maximum atomic E-state index is 12.9. The minimum absolute atomic E-state index is 0.00477. The fourth-order valence-corrected chi connectivity index (χ4v) is 3.35. The van der Waals surface area contributed by atoms with Gasteiger partial charge >= 0.3 is 6.18 Å². The smallest absolute Gasteiger partial charge is 0.417 e. The first-order chi connectivity index (χ1) is 16.7. The van der Waals surface area contributed by atoms with Crippen LogP contribution in [0.3, 0.4) is 0 Å². The molecular formula is C24H18ClF3N4O3. The highest BCUT2D eigenvalue weighted by Crippen LogP contribution is 2.32. The highest BCUT2D eigenvalue weighted by Gasteiger charge is 2.32. The number of carbonyl (C=O) groups excluding carboxylic acids is 1. The second-order valence-electron chi connectivity index (χ2n) is 7.17. The van der Waals surface area contributed by atoms with Crippen molar-refractivity contribution in [3.8, 4) is 23.1 Å². The van der Waals surface area contributed by atoms with Gasteiger partial charge < -0.3 is 9.47 Å². The van der Waals surface area contributed by atoms with E-state index in [4.69, 9.17) is 21.1 Å². The van der Waals surface area contributed by atoms with Gasteiger partial charge in [0.15, 0.2) is 5.82 Å². The normalized spacial score (nSPS) is 11.1. The van der Waals surface area contributed by atoms with Crippen LogP contribution < -0.4 is 20.3 Å². The number of nitrogens with zero attached hydrogens (tertiary/aromatic N) is 2. The van der Waals surface area contributed by atoms with Gasteiger partial charge in [0, 0.05) is 12.4 Å². The van der Waals surface area contributed by atoms with Gasteiger partial charge in [-0.1, -0.05) is 11.6 Å². The van der Waals surface area contributed by atoms with Crippen molar-refractivity contribution in [2.45, 2.75) is 6.18 Å². The summed E-state index contributed by atoms with van der Waals surface area (Å²) < 4.78 is 50.8. The Bertz CT molecular complexity index is 1320. The van der Waals surface area contributed by atoms with E-state index < -0.39 is 17.6 Å². The number of pyridine rings is 1. The fourth-order valence-electron chi connectivity index (χ4n) is 3.09. The molecule has 0 unspecified atom stereocenters. The molecule has 2 aromatic carbocycles. The summed E-state index contributed by atoms with van der Waals surface area (Å²) in [5.41, 5.74) is 5.02. The molecule has 0 saturated carbocycles. The number of benzene rings is 2. The molecule has 0 atom stereocenters. The molecule has 0 bridgehead atoms. The number of hydrogen-bond acceptors (Lipinski definition) is 5. The molecule has 0 radical (unpaired) electrons. The van der Waals surface area contributed by atoms with Gasteiger partial charge in [0.25, 0.3) is 5.91 Å². The van der Waals surface area contributed by atoms with E-state index in [0.717, 1.165) is 11.8 Å². The van der Waals surface area contributed by atoms with Crippen molar-refractivity contribution in [1.82, 2.24) is 15.0 Å². The predicted octanol–water partition coefficient (Wildman–Crippen LogP) is 6.10. The number of ether oxygens (including phenoxy) is 2. The molecule has 0 aliphatic carbocycles. The first kappa shape index (κ1) is 24.0. The molecule has 180 valence electrons. The van der Waals surface area contributed by atoms with Crippen LogP contribution in [0.5, 0.6) is 17.2 Å². The lowest BCUT2D eigenvalue weighted by atomic mass is 10.2. The van der Waals surface area contributed by atoms with Crippen LogP contribution in [0.2, 0.25) is 5.02 Å². The Kier molecular flexibility index (Phi) is 6.83. The van der Waals surface area contributed by atoms with E-state index in [0.29, 0.717) is 23.4 Å². The van der Waals surface area contributed by atoms with Crippen molar-refractivity contribution in [3.63, 3.8) is 0 Å². The van der Waals surface area contributed by atoms with E-state index in [1.54, 1.807) is 61.7 Å². The maximum absolute atomic E-state index is 12.9. The molecule has 7 nitrogen and oxygen atoms in total. The van der Waals surface area contributed by atoms with Gasteiger partial charge in [-0.05, 0) is 66.7 Å². The van der Waals surface area contributed by atoms with E-state index in [9.17, 15) is 18.0 Å².